The SMILES string of the molecule is C=CCCC(=O)NC1CC(=O)N(CCc2cccc(Cl)c2)C1. The van der Waals surface area contributed by atoms with Gasteiger partial charge in [0, 0.05) is 31.0 Å². The van der Waals surface area contributed by atoms with Crippen molar-refractivity contribution in [3.63, 3.8) is 0 Å². The van der Waals surface area contributed by atoms with Crippen LogP contribution >= 0.6 is 11.6 Å². The Morgan fingerprint density at radius 3 is 3.05 bits per heavy atom. The van der Waals surface area contributed by atoms with E-state index in [1.165, 1.54) is 0 Å². The van der Waals surface area contributed by atoms with Gasteiger partial charge in [0.05, 0.1) is 6.04 Å². The van der Waals surface area contributed by atoms with Crippen molar-refractivity contribution < 1.29 is 9.59 Å². The maximum atomic E-state index is 12.0. The standard InChI is InChI=1S/C17H21ClN2O2/c1-2-3-7-16(21)19-15-11-17(22)20(12-15)9-8-13-5-4-6-14(18)10-13/h2,4-6,10,15H,1,3,7-9,11-12H2,(H,19,21). The Labute approximate surface area is 136 Å². The zero-order valence-corrected chi connectivity index (χ0v) is 13.3. The van der Waals surface area contributed by atoms with E-state index in [0.29, 0.717) is 37.4 Å². The van der Waals surface area contributed by atoms with Crippen molar-refractivity contribution in [2.45, 2.75) is 31.7 Å². The summed E-state index contributed by atoms with van der Waals surface area (Å²) < 4.78 is 0. The Balaban J connectivity index is 1.79. The Kier molecular flexibility index (Phi) is 6.01. The third-order valence-electron chi connectivity index (χ3n) is 3.71. The summed E-state index contributed by atoms with van der Waals surface area (Å²) in [5.41, 5.74) is 1.11. The molecule has 2 rings (SSSR count). The van der Waals surface area contributed by atoms with Gasteiger partial charge in [-0.25, -0.2) is 0 Å². The molecular formula is C17H21ClN2O2. The van der Waals surface area contributed by atoms with Gasteiger partial charge in [-0.2, -0.15) is 0 Å². The average molecular weight is 321 g/mol. The summed E-state index contributed by atoms with van der Waals surface area (Å²) in [6, 6.07) is 7.58. The van der Waals surface area contributed by atoms with Crippen LogP contribution in [-0.4, -0.2) is 35.8 Å². The first-order valence-electron chi connectivity index (χ1n) is 7.51. The third kappa shape index (κ3) is 4.88. The minimum absolute atomic E-state index is 0.0191. The lowest BCUT2D eigenvalue weighted by molar-refractivity contribution is -0.127. The van der Waals surface area contributed by atoms with Gasteiger partial charge in [0.2, 0.25) is 11.8 Å². The molecule has 0 bridgehead atoms. The quantitative estimate of drug-likeness (QED) is 0.785. The first-order valence-corrected chi connectivity index (χ1v) is 7.88. The van der Waals surface area contributed by atoms with Gasteiger partial charge >= 0.3 is 0 Å². The molecule has 0 radical (unpaired) electrons. The molecule has 5 heteroatoms. The van der Waals surface area contributed by atoms with Crippen LogP contribution in [-0.2, 0) is 16.0 Å². The van der Waals surface area contributed by atoms with Crippen LogP contribution in [0.15, 0.2) is 36.9 Å². The maximum Gasteiger partial charge on any atom is 0.224 e. The molecule has 0 aromatic heterocycles. The van der Waals surface area contributed by atoms with E-state index in [1.54, 1.807) is 11.0 Å². The number of hydrogen-bond donors (Lipinski definition) is 1. The molecule has 1 fully saturated rings. The van der Waals surface area contributed by atoms with Crippen LogP contribution in [0.4, 0.5) is 0 Å². The van der Waals surface area contributed by atoms with Crippen molar-refractivity contribution in [1.82, 2.24) is 10.2 Å². The average Bonchev–Trinajstić information content (AvgIpc) is 2.83. The highest BCUT2D eigenvalue weighted by atomic mass is 35.5. The largest absolute Gasteiger partial charge is 0.351 e. The Bertz CT molecular complexity index is 559. The summed E-state index contributed by atoms with van der Waals surface area (Å²) in [6.07, 6.45) is 3.96. The Morgan fingerprint density at radius 1 is 1.50 bits per heavy atom. The van der Waals surface area contributed by atoms with Crippen LogP contribution in [0.5, 0.6) is 0 Å². The van der Waals surface area contributed by atoms with Crippen LogP contribution in [0, 0.1) is 0 Å². The van der Waals surface area contributed by atoms with Crippen LogP contribution in [0.25, 0.3) is 0 Å². The summed E-state index contributed by atoms with van der Waals surface area (Å²) in [7, 11) is 0. The van der Waals surface area contributed by atoms with Crippen molar-refractivity contribution in [3.8, 4) is 0 Å². The number of likely N-dealkylation sites (tertiary alicyclic amines) is 1. The molecule has 118 valence electrons. The molecule has 1 aliphatic rings. The molecule has 0 spiro atoms. The zero-order chi connectivity index (χ0) is 15.9. The maximum absolute atomic E-state index is 12.0. The molecule has 1 aromatic carbocycles. The highest BCUT2D eigenvalue weighted by molar-refractivity contribution is 6.30. The minimum Gasteiger partial charge on any atom is -0.351 e. The normalized spacial score (nSPS) is 17.6. The molecule has 1 aromatic rings. The number of allylic oxidation sites excluding steroid dienone is 1. The third-order valence-corrected chi connectivity index (χ3v) is 3.95. The topological polar surface area (TPSA) is 49.4 Å². The van der Waals surface area contributed by atoms with E-state index in [1.807, 2.05) is 24.3 Å². The lowest BCUT2D eigenvalue weighted by atomic mass is 10.1. The number of halogens is 1. The number of carbonyl (C=O) groups is 2. The highest BCUT2D eigenvalue weighted by Gasteiger charge is 2.29. The molecular weight excluding hydrogens is 300 g/mol. The first-order chi connectivity index (χ1) is 10.6. The van der Waals surface area contributed by atoms with Crippen LogP contribution < -0.4 is 5.32 Å². The summed E-state index contributed by atoms with van der Waals surface area (Å²) in [5, 5.41) is 3.62. The van der Waals surface area contributed by atoms with Gasteiger partial charge in [0.1, 0.15) is 0 Å². The lowest BCUT2D eigenvalue weighted by Gasteiger charge is -2.17. The second-order valence-electron chi connectivity index (χ2n) is 5.52. The van der Waals surface area contributed by atoms with Crippen LogP contribution in [0.2, 0.25) is 5.02 Å². The minimum atomic E-state index is -0.0795. The van der Waals surface area contributed by atoms with Gasteiger partial charge < -0.3 is 10.2 Å². The Morgan fingerprint density at radius 2 is 2.32 bits per heavy atom. The summed E-state index contributed by atoms with van der Waals surface area (Å²) >= 11 is 5.96. The number of nitrogens with one attached hydrogen (secondary N) is 1. The monoisotopic (exact) mass is 320 g/mol. The summed E-state index contributed by atoms with van der Waals surface area (Å²) in [6.45, 7) is 4.83. The van der Waals surface area contributed by atoms with Gasteiger partial charge in [-0.3, -0.25) is 9.59 Å². The van der Waals surface area contributed by atoms with E-state index >= 15 is 0 Å². The predicted octanol–water partition coefficient (Wildman–Crippen LogP) is 2.57. The fourth-order valence-corrected chi connectivity index (χ4v) is 2.79. The van der Waals surface area contributed by atoms with Crippen molar-refractivity contribution >= 4 is 23.4 Å². The number of rotatable bonds is 7. The van der Waals surface area contributed by atoms with Crippen LogP contribution in [0.3, 0.4) is 0 Å². The van der Waals surface area contributed by atoms with Crippen molar-refractivity contribution in [3.05, 3.63) is 47.5 Å². The van der Waals surface area contributed by atoms with Crippen molar-refractivity contribution in [2.75, 3.05) is 13.1 Å². The first kappa shape index (κ1) is 16.6. The Hall–Kier alpha value is -1.81. The van der Waals surface area contributed by atoms with E-state index < -0.39 is 0 Å². The smallest absolute Gasteiger partial charge is 0.224 e. The zero-order valence-electron chi connectivity index (χ0n) is 12.6. The molecule has 1 aliphatic heterocycles. The molecule has 22 heavy (non-hydrogen) atoms. The molecule has 1 heterocycles. The van der Waals surface area contributed by atoms with Gasteiger partial charge in [0.15, 0.2) is 0 Å². The second-order valence-corrected chi connectivity index (χ2v) is 5.95. The number of amides is 2. The van der Waals surface area contributed by atoms with E-state index in [2.05, 4.69) is 11.9 Å². The van der Waals surface area contributed by atoms with E-state index in [-0.39, 0.29) is 17.9 Å². The van der Waals surface area contributed by atoms with Crippen molar-refractivity contribution in [2.24, 2.45) is 0 Å². The molecule has 0 saturated carbocycles. The molecule has 2 amide bonds. The molecule has 1 atom stereocenters. The number of nitrogens with zero attached hydrogens (tertiary/aromatic N) is 1. The van der Waals surface area contributed by atoms with Gasteiger partial charge in [-0.05, 0) is 30.5 Å². The number of carbonyl (C=O) groups excluding carboxylic acids is 2. The highest BCUT2D eigenvalue weighted by Crippen LogP contribution is 2.15. The molecule has 1 N–H and O–H groups in total. The summed E-state index contributed by atoms with van der Waals surface area (Å²) in [4.78, 5) is 25.5. The van der Waals surface area contributed by atoms with E-state index in [9.17, 15) is 9.59 Å². The van der Waals surface area contributed by atoms with Gasteiger partial charge in [-0.1, -0.05) is 29.8 Å². The van der Waals surface area contributed by atoms with Crippen LogP contribution in [0.1, 0.15) is 24.8 Å². The second kappa shape index (κ2) is 7.99. The van der Waals surface area contributed by atoms with Gasteiger partial charge in [-0.15, -0.1) is 6.58 Å². The fraction of sp³-hybridized carbons (Fsp3) is 0.412. The summed E-state index contributed by atoms with van der Waals surface area (Å²) in [5.74, 6) is 0.0745. The molecule has 1 saturated heterocycles. The number of benzene rings is 1. The van der Waals surface area contributed by atoms with Gasteiger partial charge in [0.25, 0.3) is 0 Å². The number of hydrogen-bond acceptors (Lipinski definition) is 2. The molecule has 4 nitrogen and oxygen atoms in total. The van der Waals surface area contributed by atoms with Crippen molar-refractivity contribution in [1.29, 1.82) is 0 Å². The molecule has 0 aliphatic carbocycles. The predicted molar refractivity (Wildman–Crippen MR) is 87.7 cm³/mol. The van der Waals surface area contributed by atoms with E-state index in [4.69, 9.17) is 11.6 Å². The van der Waals surface area contributed by atoms with E-state index in [0.717, 1.165) is 12.0 Å². The lowest BCUT2D eigenvalue weighted by Crippen LogP contribution is -2.37. The molecule has 1 unspecified atom stereocenters. The fourth-order valence-electron chi connectivity index (χ4n) is 2.57.